The molecule has 3 fully saturated rings. The largest absolute Gasteiger partial charge is 0.507 e. The second kappa shape index (κ2) is 13.2. The van der Waals surface area contributed by atoms with Crippen LogP contribution in [0.5, 0.6) is 5.75 Å². The zero-order chi connectivity index (χ0) is 41.1. The first-order valence-corrected chi connectivity index (χ1v) is 20.4. The van der Waals surface area contributed by atoms with Crippen molar-refractivity contribution in [2.75, 3.05) is 9.80 Å². The number of phenolic OH excluding ortho intramolecular Hbond substituents is 1. The Balaban J connectivity index is 0.906. The van der Waals surface area contributed by atoms with Crippen molar-refractivity contribution in [3.05, 3.63) is 151 Å². The lowest BCUT2D eigenvalue weighted by atomic mass is 9.57. The summed E-state index contributed by atoms with van der Waals surface area (Å²) in [5.41, 5.74) is 6.29. The number of aromatic hydroxyl groups is 1. The van der Waals surface area contributed by atoms with Crippen LogP contribution >= 0.6 is 0 Å². The summed E-state index contributed by atoms with van der Waals surface area (Å²) in [5, 5.41) is 13.4. The van der Waals surface area contributed by atoms with E-state index in [4.69, 9.17) is 8.83 Å². The van der Waals surface area contributed by atoms with Gasteiger partial charge in [-0.15, -0.1) is 0 Å². The van der Waals surface area contributed by atoms with Gasteiger partial charge in [0, 0.05) is 28.0 Å². The van der Waals surface area contributed by atoms with Crippen molar-refractivity contribution in [2.24, 2.45) is 29.6 Å². The van der Waals surface area contributed by atoms with E-state index in [0.717, 1.165) is 22.0 Å². The molecule has 296 valence electrons. The highest BCUT2D eigenvalue weighted by atomic mass is 16.4. The molecule has 4 heterocycles. The molecule has 2 saturated heterocycles. The van der Waals surface area contributed by atoms with Crippen LogP contribution < -0.4 is 9.80 Å². The first kappa shape index (κ1) is 35.3. The monoisotopic (exact) mass is 802 g/mol. The number of amides is 4. The lowest BCUT2D eigenvalue weighted by Gasteiger charge is -2.44. The molecule has 11 heteroatoms. The van der Waals surface area contributed by atoms with Crippen LogP contribution in [0.1, 0.15) is 24.3 Å². The van der Waals surface area contributed by atoms with Gasteiger partial charge in [-0.1, -0.05) is 72.3 Å². The van der Waals surface area contributed by atoms with Gasteiger partial charge in [0.15, 0.2) is 11.2 Å². The molecule has 2 aliphatic heterocycles. The summed E-state index contributed by atoms with van der Waals surface area (Å²) < 4.78 is 11.9. The fraction of sp³-hybridized carbons (Fsp3) is 0.160. The minimum absolute atomic E-state index is 0.0291. The fourth-order valence-electron chi connectivity index (χ4n) is 10.5. The van der Waals surface area contributed by atoms with Crippen molar-refractivity contribution < 1.29 is 33.1 Å². The van der Waals surface area contributed by atoms with Gasteiger partial charge in [0.05, 0.1) is 35.0 Å². The second-order valence-electron chi connectivity index (χ2n) is 16.3. The number of hydrogen-bond donors (Lipinski definition) is 1. The maximum Gasteiger partial charge on any atom is 0.238 e. The first-order chi connectivity index (χ1) is 29.8. The average molecular weight is 803 g/mol. The molecule has 11 nitrogen and oxygen atoms in total. The van der Waals surface area contributed by atoms with Gasteiger partial charge in [0.2, 0.25) is 35.4 Å². The van der Waals surface area contributed by atoms with Crippen molar-refractivity contribution >= 4 is 68.0 Å². The van der Waals surface area contributed by atoms with Gasteiger partial charge in [-0.2, -0.15) is 0 Å². The van der Waals surface area contributed by atoms with Gasteiger partial charge in [0.1, 0.15) is 16.8 Å². The molecule has 1 saturated carbocycles. The first-order valence-electron chi connectivity index (χ1n) is 20.4. The third-order valence-corrected chi connectivity index (χ3v) is 13.2. The van der Waals surface area contributed by atoms with E-state index in [0.29, 0.717) is 56.4 Å². The zero-order valence-corrected chi connectivity index (χ0v) is 32.3. The summed E-state index contributed by atoms with van der Waals surface area (Å²) in [5.74, 6) is -4.85. The Bertz CT molecular complexity index is 3140. The molecule has 12 rings (SSSR count). The zero-order valence-electron chi connectivity index (χ0n) is 32.3. The van der Waals surface area contributed by atoms with E-state index in [1.165, 1.54) is 9.80 Å². The van der Waals surface area contributed by atoms with Crippen LogP contribution in [0, 0.1) is 29.6 Å². The van der Waals surface area contributed by atoms with Crippen LogP contribution in [-0.2, 0) is 19.2 Å². The Kier molecular flexibility index (Phi) is 7.62. The SMILES string of the molecule is O=C1[C@H]2[C@H](CC=C3[C@H]2C[C@H]2C(=O)N(c4ccc(-c5nc6ccccc6o5)cc4)C(=O)[C@H]2[C@H]3c2ccc3ccccc3c2O)C(=O)N1c1ccc(-c2nc3ccccc3o2)cc1. The number of carbonyl (C=O) groups is 4. The lowest BCUT2D eigenvalue weighted by molar-refractivity contribution is -0.126. The molecule has 1 N–H and O–H groups in total. The number of anilines is 2. The number of carbonyl (C=O) groups excluding carboxylic acids is 4. The minimum atomic E-state index is -0.849. The highest BCUT2D eigenvalue weighted by Crippen LogP contribution is 2.60. The standard InChI is InChI=1S/C50H34N4O7/c55-44-31-8-2-1-7-26(31)17-22-33(44)41-32-23-24-34-42(49(58)53(47(34)56)29-18-13-27(14-19-29)45-51-37-9-3-5-11-39(37)60-45)35(32)25-36-43(41)50(59)54(48(36)57)30-20-15-28(16-21-30)46-52-38-10-4-6-12-40(38)61-46/h1-23,34-36,41-43,55H,24-25H2/t34-,35+,36+,41+,42-,43+/m0/s1. The number of oxazole rings is 2. The number of fused-ring (bicyclic) bond motifs is 7. The number of aromatic nitrogens is 2. The van der Waals surface area contributed by atoms with Gasteiger partial charge in [-0.05, 0) is 96.9 Å². The van der Waals surface area contributed by atoms with E-state index in [1.807, 2.05) is 91.0 Å². The third kappa shape index (κ3) is 5.22. The molecule has 2 aromatic heterocycles. The summed E-state index contributed by atoms with van der Waals surface area (Å²) in [4.78, 5) is 70.2. The van der Waals surface area contributed by atoms with Crippen LogP contribution in [0.4, 0.5) is 11.4 Å². The molecule has 6 atom stereocenters. The highest BCUT2D eigenvalue weighted by molar-refractivity contribution is 6.24. The number of para-hydroxylation sites is 4. The van der Waals surface area contributed by atoms with Crippen molar-refractivity contribution in [3.8, 4) is 28.7 Å². The molecule has 61 heavy (non-hydrogen) atoms. The average Bonchev–Trinajstić information content (AvgIpc) is 4.05. The van der Waals surface area contributed by atoms with E-state index in [2.05, 4.69) is 9.97 Å². The molecular weight excluding hydrogens is 769 g/mol. The number of allylic oxidation sites excluding steroid dienone is 2. The molecule has 4 amide bonds. The number of nitrogens with zero attached hydrogens (tertiary/aromatic N) is 4. The van der Waals surface area contributed by atoms with Crippen LogP contribution in [0.2, 0.25) is 0 Å². The maximum absolute atomic E-state index is 14.8. The van der Waals surface area contributed by atoms with Crippen molar-refractivity contribution in [1.29, 1.82) is 0 Å². The Hall–Kier alpha value is -7.66. The van der Waals surface area contributed by atoms with Crippen LogP contribution in [0.3, 0.4) is 0 Å². The fourth-order valence-corrected chi connectivity index (χ4v) is 10.5. The third-order valence-electron chi connectivity index (χ3n) is 13.2. The summed E-state index contributed by atoms with van der Waals surface area (Å²) in [7, 11) is 0. The highest BCUT2D eigenvalue weighted by Gasteiger charge is 2.62. The van der Waals surface area contributed by atoms with E-state index >= 15 is 0 Å². The summed E-state index contributed by atoms with van der Waals surface area (Å²) in [6.07, 6.45) is 2.47. The summed E-state index contributed by atoms with van der Waals surface area (Å²) >= 11 is 0. The second-order valence-corrected chi connectivity index (χ2v) is 16.3. The summed E-state index contributed by atoms with van der Waals surface area (Å²) in [6, 6.07) is 40.2. The molecular formula is C50H34N4O7. The Labute approximate surface area is 347 Å². The normalized spacial score (nSPS) is 23.5. The molecule has 6 aromatic carbocycles. The molecule has 0 radical (unpaired) electrons. The van der Waals surface area contributed by atoms with Crippen molar-refractivity contribution in [2.45, 2.75) is 18.8 Å². The van der Waals surface area contributed by atoms with E-state index in [-0.39, 0.29) is 42.2 Å². The van der Waals surface area contributed by atoms with Crippen LogP contribution in [0.25, 0.3) is 55.9 Å². The molecule has 2 aliphatic carbocycles. The van der Waals surface area contributed by atoms with E-state index < -0.39 is 35.5 Å². The lowest BCUT2D eigenvalue weighted by Crippen LogP contribution is -2.43. The van der Waals surface area contributed by atoms with E-state index in [9.17, 15) is 24.3 Å². The minimum Gasteiger partial charge on any atom is -0.507 e. The van der Waals surface area contributed by atoms with E-state index in [1.54, 1.807) is 48.5 Å². The topological polar surface area (TPSA) is 147 Å². The predicted molar refractivity (Wildman–Crippen MR) is 227 cm³/mol. The number of hydrogen-bond acceptors (Lipinski definition) is 9. The van der Waals surface area contributed by atoms with Crippen molar-refractivity contribution in [1.82, 2.24) is 9.97 Å². The smallest absolute Gasteiger partial charge is 0.238 e. The quantitative estimate of drug-likeness (QED) is 0.133. The number of rotatable bonds is 5. The molecule has 0 unspecified atom stereocenters. The van der Waals surface area contributed by atoms with Gasteiger partial charge in [0.25, 0.3) is 0 Å². The van der Waals surface area contributed by atoms with Gasteiger partial charge in [-0.25, -0.2) is 9.97 Å². The Morgan fingerprint density at radius 1 is 0.541 bits per heavy atom. The molecule has 0 spiro atoms. The van der Waals surface area contributed by atoms with Gasteiger partial charge >= 0.3 is 0 Å². The van der Waals surface area contributed by atoms with Gasteiger partial charge < -0.3 is 13.9 Å². The van der Waals surface area contributed by atoms with Crippen molar-refractivity contribution in [3.63, 3.8) is 0 Å². The molecule has 0 bridgehead atoms. The number of imide groups is 2. The summed E-state index contributed by atoms with van der Waals surface area (Å²) in [6.45, 7) is 0. The number of benzene rings is 6. The van der Waals surface area contributed by atoms with Crippen LogP contribution in [0.15, 0.2) is 154 Å². The Morgan fingerprint density at radius 3 is 1.69 bits per heavy atom. The molecule has 4 aliphatic rings. The predicted octanol–water partition coefficient (Wildman–Crippen LogP) is 9.21. The Morgan fingerprint density at radius 2 is 1.08 bits per heavy atom. The molecule has 8 aromatic rings. The maximum atomic E-state index is 14.8. The van der Waals surface area contributed by atoms with Crippen LogP contribution in [-0.4, -0.2) is 38.7 Å². The van der Waals surface area contributed by atoms with Gasteiger partial charge in [-0.3, -0.25) is 29.0 Å². The number of phenols is 1.